The molecule has 1 heterocycles. The van der Waals surface area contributed by atoms with Crippen LogP contribution in [0.2, 0.25) is 5.15 Å². The average molecular weight is 388 g/mol. The first-order valence-electron chi connectivity index (χ1n) is 8.08. The first-order chi connectivity index (χ1) is 13.0. The fraction of sp³-hybridized carbons (Fsp3) is 0.200. The summed E-state index contributed by atoms with van der Waals surface area (Å²) >= 11 is 6.24. The van der Waals surface area contributed by atoms with E-state index < -0.39 is 5.97 Å². The SMILES string of the molecule is COc1ccc2cc(COC(=O)c3ccc(OC)c(OC)c3)c(Cl)nc2c1. The van der Waals surface area contributed by atoms with Crippen molar-refractivity contribution in [2.75, 3.05) is 21.3 Å². The molecule has 27 heavy (non-hydrogen) atoms. The topological polar surface area (TPSA) is 66.9 Å². The summed E-state index contributed by atoms with van der Waals surface area (Å²) in [7, 11) is 4.62. The van der Waals surface area contributed by atoms with Gasteiger partial charge in [0, 0.05) is 17.0 Å². The molecule has 0 bridgehead atoms. The smallest absolute Gasteiger partial charge is 0.338 e. The number of pyridine rings is 1. The molecule has 7 heteroatoms. The van der Waals surface area contributed by atoms with Gasteiger partial charge in [0.25, 0.3) is 0 Å². The maximum atomic E-state index is 12.3. The number of hydrogen-bond acceptors (Lipinski definition) is 6. The molecule has 0 aliphatic carbocycles. The second-order valence-electron chi connectivity index (χ2n) is 5.64. The van der Waals surface area contributed by atoms with Crippen molar-refractivity contribution in [2.45, 2.75) is 6.61 Å². The van der Waals surface area contributed by atoms with Crippen LogP contribution in [0.1, 0.15) is 15.9 Å². The maximum absolute atomic E-state index is 12.3. The summed E-state index contributed by atoms with van der Waals surface area (Å²) in [5.41, 5.74) is 1.67. The molecule has 0 atom stereocenters. The predicted octanol–water partition coefficient (Wildman–Crippen LogP) is 4.27. The number of carbonyl (C=O) groups is 1. The molecule has 0 aliphatic rings. The van der Waals surface area contributed by atoms with Crippen molar-refractivity contribution in [3.8, 4) is 17.2 Å². The van der Waals surface area contributed by atoms with Crippen LogP contribution in [0.3, 0.4) is 0 Å². The Morgan fingerprint density at radius 1 is 0.963 bits per heavy atom. The van der Waals surface area contributed by atoms with E-state index >= 15 is 0 Å². The largest absolute Gasteiger partial charge is 0.497 e. The van der Waals surface area contributed by atoms with Crippen LogP contribution in [0.15, 0.2) is 42.5 Å². The molecular weight excluding hydrogens is 370 g/mol. The van der Waals surface area contributed by atoms with Gasteiger partial charge in [-0.3, -0.25) is 0 Å². The second-order valence-corrected chi connectivity index (χ2v) is 6.00. The van der Waals surface area contributed by atoms with Gasteiger partial charge in [-0.05, 0) is 36.4 Å². The number of benzene rings is 2. The van der Waals surface area contributed by atoms with Crippen LogP contribution in [0, 0.1) is 0 Å². The summed E-state index contributed by atoms with van der Waals surface area (Å²) in [6.45, 7) is 0.000973. The van der Waals surface area contributed by atoms with Gasteiger partial charge in [-0.15, -0.1) is 0 Å². The molecule has 6 nitrogen and oxygen atoms in total. The van der Waals surface area contributed by atoms with Crippen LogP contribution in [0.5, 0.6) is 17.2 Å². The first-order valence-corrected chi connectivity index (χ1v) is 8.46. The number of aromatic nitrogens is 1. The van der Waals surface area contributed by atoms with Gasteiger partial charge in [-0.2, -0.15) is 0 Å². The van der Waals surface area contributed by atoms with E-state index in [2.05, 4.69) is 4.98 Å². The van der Waals surface area contributed by atoms with Crippen LogP contribution in [0.4, 0.5) is 0 Å². The van der Waals surface area contributed by atoms with Crippen LogP contribution < -0.4 is 14.2 Å². The van der Waals surface area contributed by atoms with Crippen LogP contribution in [-0.2, 0) is 11.3 Å². The molecule has 0 fully saturated rings. The molecule has 0 radical (unpaired) electrons. The van der Waals surface area contributed by atoms with Crippen molar-refractivity contribution >= 4 is 28.5 Å². The molecule has 0 spiro atoms. The van der Waals surface area contributed by atoms with E-state index in [9.17, 15) is 4.79 Å². The number of fused-ring (bicyclic) bond motifs is 1. The van der Waals surface area contributed by atoms with Gasteiger partial charge in [-0.25, -0.2) is 9.78 Å². The van der Waals surface area contributed by atoms with Gasteiger partial charge >= 0.3 is 5.97 Å². The van der Waals surface area contributed by atoms with Crippen molar-refractivity contribution in [3.05, 3.63) is 58.7 Å². The summed E-state index contributed by atoms with van der Waals surface area (Å²) in [4.78, 5) is 16.7. The Morgan fingerprint density at radius 2 is 1.74 bits per heavy atom. The highest BCUT2D eigenvalue weighted by atomic mass is 35.5. The Morgan fingerprint density at radius 3 is 2.44 bits per heavy atom. The Kier molecular flexibility index (Phi) is 5.66. The highest BCUT2D eigenvalue weighted by Crippen LogP contribution is 2.28. The molecule has 0 amide bonds. The minimum absolute atomic E-state index is 0.000973. The molecule has 3 aromatic rings. The minimum Gasteiger partial charge on any atom is -0.497 e. The second kappa shape index (κ2) is 8.14. The lowest BCUT2D eigenvalue weighted by Crippen LogP contribution is -2.06. The summed E-state index contributed by atoms with van der Waals surface area (Å²) in [6.07, 6.45) is 0. The average Bonchev–Trinajstić information content (AvgIpc) is 2.70. The molecule has 0 unspecified atom stereocenters. The molecule has 3 rings (SSSR count). The zero-order valence-electron chi connectivity index (χ0n) is 15.1. The van der Waals surface area contributed by atoms with Gasteiger partial charge in [0.1, 0.15) is 17.5 Å². The lowest BCUT2D eigenvalue weighted by Gasteiger charge is -2.11. The lowest BCUT2D eigenvalue weighted by atomic mass is 10.1. The Bertz CT molecular complexity index is 990. The molecule has 140 valence electrons. The maximum Gasteiger partial charge on any atom is 0.338 e. The number of esters is 1. The number of hydrogen-bond donors (Lipinski definition) is 0. The van der Waals surface area contributed by atoms with Crippen LogP contribution in [-0.4, -0.2) is 32.3 Å². The molecule has 0 saturated heterocycles. The van der Waals surface area contributed by atoms with Gasteiger partial charge < -0.3 is 18.9 Å². The van der Waals surface area contributed by atoms with Crippen LogP contribution >= 0.6 is 11.6 Å². The molecule has 2 aromatic carbocycles. The van der Waals surface area contributed by atoms with Crippen molar-refractivity contribution in [1.29, 1.82) is 0 Å². The monoisotopic (exact) mass is 387 g/mol. The highest BCUT2D eigenvalue weighted by molar-refractivity contribution is 6.30. The van der Waals surface area contributed by atoms with E-state index in [0.29, 0.717) is 33.9 Å². The quantitative estimate of drug-likeness (QED) is 0.464. The lowest BCUT2D eigenvalue weighted by molar-refractivity contribution is 0.0472. The van der Waals surface area contributed by atoms with Crippen LogP contribution in [0.25, 0.3) is 10.9 Å². The Balaban J connectivity index is 1.78. The Labute approximate surface area is 161 Å². The van der Waals surface area contributed by atoms with E-state index in [1.54, 1.807) is 31.4 Å². The van der Waals surface area contributed by atoms with E-state index in [4.69, 9.17) is 30.5 Å². The van der Waals surface area contributed by atoms with Crippen molar-refractivity contribution in [3.63, 3.8) is 0 Å². The number of methoxy groups -OCH3 is 3. The Hall–Kier alpha value is -2.99. The zero-order valence-corrected chi connectivity index (χ0v) is 15.9. The zero-order chi connectivity index (χ0) is 19.4. The number of ether oxygens (including phenoxy) is 4. The van der Waals surface area contributed by atoms with Crippen molar-refractivity contribution in [2.24, 2.45) is 0 Å². The molecule has 1 aromatic heterocycles. The van der Waals surface area contributed by atoms with E-state index in [1.807, 2.05) is 18.2 Å². The standard InChI is InChI=1S/C20H18ClNO5/c1-24-15-6-4-12-8-14(19(21)22-16(12)10-15)11-27-20(23)13-5-7-17(25-2)18(9-13)26-3/h4-10H,11H2,1-3H3. The summed E-state index contributed by atoms with van der Waals surface area (Å²) in [5, 5.41) is 1.15. The van der Waals surface area contributed by atoms with Gasteiger partial charge in [0.15, 0.2) is 11.5 Å². The molecule has 0 saturated carbocycles. The number of carbonyl (C=O) groups excluding carboxylic acids is 1. The molecular formula is C20H18ClNO5. The first kappa shape index (κ1) is 18.8. The normalized spacial score (nSPS) is 10.5. The minimum atomic E-state index is -0.498. The third-order valence-corrected chi connectivity index (χ3v) is 4.36. The van der Waals surface area contributed by atoms with E-state index in [1.165, 1.54) is 14.2 Å². The third-order valence-electron chi connectivity index (χ3n) is 4.03. The predicted molar refractivity (Wildman–Crippen MR) is 102 cm³/mol. The van der Waals surface area contributed by atoms with Gasteiger partial charge in [-0.1, -0.05) is 11.6 Å². The third kappa shape index (κ3) is 4.06. The fourth-order valence-electron chi connectivity index (χ4n) is 2.59. The summed E-state index contributed by atoms with van der Waals surface area (Å²) < 4.78 is 20.9. The molecule has 0 N–H and O–H groups in total. The number of rotatable bonds is 6. The van der Waals surface area contributed by atoms with Crippen molar-refractivity contribution in [1.82, 2.24) is 4.98 Å². The number of halogens is 1. The molecule has 0 aliphatic heterocycles. The van der Waals surface area contributed by atoms with E-state index in [0.717, 1.165) is 5.39 Å². The van der Waals surface area contributed by atoms with E-state index in [-0.39, 0.29) is 11.8 Å². The fourth-order valence-corrected chi connectivity index (χ4v) is 2.79. The summed E-state index contributed by atoms with van der Waals surface area (Å²) in [5.74, 6) is 1.18. The van der Waals surface area contributed by atoms with Crippen molar-refractivity contribution < 1.29 is 23.7 Å². The van der Waals surface area contributed by atoms with Gasteiger partial charge in [0.05, 0.1) is 32.4 Å². The highest BCUT2D eigenvalue weighted by Gasteiger charge is 2.14. The summed E-state index contributed by atoms with van der Waals surface area (Å²) in [6, 6.07) is 12.2. The van der Waals surface area contributed by atoms with Gasteiger partial charge in [0.2, 0.25) is 0 Å². The number of nitrogens with zero attached hydrogens (tertiary/aromatic N) is 1.